The summed E-state index contributed by atoms with van der Waals surface area (Å²) < 4.78 is 0. The van der Waals surface area contributed by atoms with E-state index in [1.807, 2.05) is 23.6 Å². The summed E-state index contributed by atoms with van der Waals surface area (Å²) in [5.41, 5.74) is 0. The van der Waals surface area contributed by atoms with Gasteiger partial charge < -0.3 is 4.90 Å². The fraction of sp³-hybridized carbons (Fsp3) is 0.900. The van der Waals surface area contributed by atoms with Gasteiger partial charge in [-0.25, -0.2) is 0 Å². The molecular formula is C10H19NOS. The average molecular weight is 201 g/mol. The summed E-state index contributed by atoms with van der Waals surface area (Å²) in [6.07, 6.45) is 0.648. The quantitative estimate of drug-likeness (QED) is 0.681. The molecule has 1 amide bonds. The molecule has 0 aliphatic carbocycles. The number of hydrogen-bond donors (Lipinski definition) is 0. The first-order valence-corrected chi connectivity index (χ1v) is 6.09. The summed E-state index contributed by atoms with van der Waals surface area (Å²) in [5.74, 6) is 2.10. The largest absolute Gasteiger partial charge is 0.341 e. The van der Waals surface area contributed by atoms with Crippen molar-refractivity contribution in [2.24, 2.45) is 5.92 Å². The number of hydrogen-bond acceptors (Lipinski definition) is 2. The van der Waals surface area contributed by atoms with Crippen LogP contribution in [0.4, 0.5) is 0 Å². The van der Waals surface area contributed by atoms with Gasteiger partial charge >= 0.3 is 0 Å². The highest BCUT2D eigenvalue weighted by atomic mass is 32.2. The molecule has 0 spiro atoms. The summed E-state index contributed by atoms with van der Waals surface area (Å²) in [5, 5.41) is 0.643. The lowest BCUT2D eigenvalue weighted by molar-refractivity contribution is -0.130. The number of nitrogens with zero attached hydrogens (tertiary/aromatic N) is 1. The molecule has 76 valence electrons. The van der Waals surface area contributed by atoms with E-state index < -0.39 is 0 Å². The molecule has 1 heterocycles. The molecule has 1 rings (SSSR count). The molecule has 0 aromatic rings. The predicted molar refractivity (Wildman–Crippen MR) is 58.0 cm³/mol. The SMILES string of the molecule is CCC(=O)N1CCSC(C(C)C)C1. The van der Waals surface area contributed by atoms with E-state index in [-0.39, 0.29) is 0 Å². The normalized spacial score (nSPS) is 23.7. The third-order valence-electron chi connectivity index (χ3n) is 2.49. The van der Waals surface area contributed by atoms with E-state index in [0.717, 1.165) is 18.8 Å². The van der Waals surface area contributed by atoms with Gasteiger partial charge in [0.15, 0.2) is 0 Å². The molecule has 1 saturated heterocycles. The van der Waals surface area contributed by atoms with Gasteiger partial charge in [0.05, 0.1) is 0 Å². The molecule has 3 heteroatoms. The van der Waals surface area contributed by atoms with E-state index in [1.54, 1.807) is 0 Å². The first-order valence-electron chi connectivity index (χ1n) is 5.04. The lowest BCUT2D eigenvalue weighted by Crippen LogP contribution is -2.43. The van der Waals surface area contributed by atoms with Crippen LogP contribution in [0.5, 0.6) is 0 Å². The van der Waals surface area contributed by atoms with Crippen molar-refractivity contribution < 1.29 is 4.79 Å². The van der Waals surface area contributed by atoms with Crippen LogP contribution in [0, 0.1) is 5.92 Å². The van der Waals surface area contributed by atoms with Crippen LogP contribution >= 0.6 is 11.8 Å². The van der Waals surface area contributed by atoms with Crippen LogP contribution < -0.4 is 0 Å². The number of rotatable bonds is 2. The topological polar surface area (TPSA) is 20.3 Å². The van der Waals surface area contributed by atoms with Crippen LogP contribution in [0.2, 0.25) is 0 Å². The molecule has 2 nitrogen and oxygen atoms in total. The lowest BCUT2D eigenvalue weighted by Gasteiger charge is -2.34. The summed E-state index contributed by atoms with van der Waals surface area (Å²) in [6.45, 7) is 8.30. The summed E-state index contributed by atoms with van der Waals surface area (Å²) in [7, 11) is 0. The molecule has 1 atom stereocenters. The van der Waals surface area contributed by atoms with Gasteiger partial charge in [0.25, 0.3) is 0 Å². The fourth-order valence-electron chi connectivity index (χ4n) is 1.53. The number of carbonyl (C=O) groups is 1. The van der Waals surface area contributed by atoms with Crippen molar-refractivity contribution in [3.05, 3.63) is 0 Å². The van der Waals surface area contributed by atoms with Crippen LogP contribution in [-0.4, -0.2) is 34.9 Å². The predicted octanol–water partition coefficient (Wildman–Crippen LogP) is 2.00. The maximum Gasteiger partial charge on any atom is 0.222 e. The summed E-state index contributed by atoms with van der Waals surface area (Å²) >= 11 is 2.01. The highest BCUT2D eigenvalue weighted by Crippen LogP contribution is 2.24. The van der Waals surface area contributed by atoms with Crippen LogP contribution in [0.15, 0.2) is 0 Å². The molecule has 0 aromatic carbocycles. The van der Waals surface area contributed by atoms with Crippen molar-refractivity contribution in [1.29, 1.82) is 0 Å². The molecule has 1 aliphatic rings. The monoisotopic (exact) mass is 201 g/mol. The first-order chi connectivity index (χ1) is 6.15. The van der Waals surface area contributed by atoms with Crippen molar-refractivity contribution in [3.8, 4) is 0 Å². The standard InChI is InChI=1S/C10H19NOS/c1-4-10(12)11-5-6-13-9(7-11)8(2)3/h8-9H,4-7H2,1-3H3. The number of amides is 1. The third-order valence-corrected chi connectivity index (χ3v) is 4.03. The Labute approximate surface area is 85.1 Å². The second-order valence-electron chi connectivity index (χ2n) is 3.85. The van der Waals surface area contributed by atoms with Crippen molar-refractivity contribution in [3.63, 3.8) is 0 Å². The second-order valence-corrected chi connectivity index (χ2v) is 5.19. The van der Waals surface area contributed by atoms with E-state index >= 15 is 0 Å². The van der Waals surface area contributed by atoms with E-state index in [2.05, 4.69) is 13.8 Å². The average Bonchev–Trinajstić information content (AvgIpc) is 2.17. The molecule has 0 radical (unpaired) electrons. The minimum Gasteiger partial charge on any atom is -0.341 e. The summed E-state index contributed by atoms with van der Waals surface area (Å²) in [4.78, 5) is 13.5. The highest BCUT2D eigenvalue weighted by Gasteiger charge is 2.24. The smallest absolute Gasteiger partial charge is 0.222 e. The van der Waals surface area contributed by atoms with Crippen LogP contribution in [-0.2, 0) is 4.79 Å². The van der Waals surface area contributed by atoms with Gasteiger partial charge in [-0.1, -0.05) is 20.8 Å². The van der Waals surface area contributed by atoms with Crippen LogP contribution in [0.1, 0.15) is 27.2 Å². The molecule has 0 aromatic heterocycles. The minimum absolute atomic E-state index is 0.311. The van der Waals surface area contributed by atoms with Gasteiger partial charge in [0.1, 0.15) is 0 Å². The van der Waals surface area contributed by atoms with E-state index in [9.17, 15) is 4.79 Å². The van der Waals surface area contributed by atoms with Gasteiger partial charge in [-0.05, 0) is 5.92 Å². The maximum atomic E-state index is 11.5. The molecule has 13 heavy (non-hydrogen) atoms. The lowest BCUT2D eigenvalue weighted by atomic mass is 10.1. The Hall–Kier alpha value is -0.180. The zero-order valence-electron chi connectivity index (χ0n) is 8.75. The fourth-order valence-corrected chi connectivity index (χ4v) is 2.83. The van der Waals surface area contributed by atoms with E-state index in [1.165, 1.54) is 0 Å². The number of thioether (sulfide) groups is 1. The molecule has 0 saturated carbocycles. The Morgan fingerprint density at radius 1 is 1.62 bits per heavy atom. The third kappa shape index (κ3) is 2.90. The Balaban J connectivity index is 2.46. The zero-order chi connectivity index (χ0) is 9.84. The molecule has 1 unspecified atom stereocenters. The maximum absolute atomic E-state index is 11.5. The molecular weight excluding hydrogens is 182 g/mol. The van der Waals surface area contributed by atoms with Crippen LogP contribution in [0.25, 0.3) is 0 Å². The van der Waals surface area contributed by atoms with Gasteiger partial charge in [-0.3, -0.25) is 4.79 Å². The van der Waals surface area contributed by atoms with Crippen molar-refractivity contribution in [2.75, 3.05) is 18.8 Å². The van der Waals surface area contributed by atoms with Crippen molar-refractivity contribution >= 4 is 17.7 Å². The van der Waals surface area contributed by atoms with Gasteiger partial charge in [-0.15, -0.1) is 0 Å². The second kappa shape index (κ2) is 4.89. The Bertz CT molecular complexity index is 182. The van der Waals surface area contributed by atoms with E-state index in [4.69, 9.17) is 0 Å². The highest BCUT2D eigenvalue weighted by molar-refractivity contribution is 8.00. The van der Waals surface area contributed by atoms with Crippen molar-refractivity contribution in [2.45, 2.75) is 32.4 Å². The van der Waals surface area contributed by atoms with Crippen molar-refractivity contribution in [1.82, 2.24) is 4.90 Å². The zero-order valence-corrected chi connectivity index (χ0v) is 9.56. The summed E-state index contributed by atoms with van der Waals surface area (Å²) in [6, 6.07) is 0. The van der Waals surface area contributed by atoms with Crippen LogP contribution in [0.3, 0.4) is 0 Å². The number of carbonyl (C=O) groups excluding carboxylic acids is 1. The Kier molecular flexibility index (Phi) is 4.10. The first kappa shape index (κ1) is 10.9. The minimum atomic E-state index is 0.311. The van der Waals surface area contributed by atoms with E-state index in [0.29, 0.717) is 23.5 Å². The van der Waals surface area contributed by atoms with Gasteiger partial charge in [-0.2, -0.15) is 11.8 Å². The molecule has 1 aliphatic heterocycles. The molecule has 0 bridgehead atoms. The van der Waals surface area contributed by atoms with Gasteiger partial charge in [0.2, 0.25) is 5.91 Å². The molecule has 0 N–H and O–H groups in total. The Morgan fingerprint density at radius 2 is 2.31 bits per heavy atom. The van der Waals surface area contributed by atoms with Gasteiger partial charge in [0, 0.05) is 30.5 Å². The Morgan fingerprint density at radius 3 is 2.85 bits per heavy atom. The molecule has 1 fully saturated rings.